The summed E-state index contributed by atoms with van der Waals surface area (Å²) in [7, 11) is 2.03. The van der Waals surface area contributed by atoms with Crippen molar-refractivity contribution in [1.82, 2.24) is 4.98 Å². The molecule has 0 saturated carbocycles. The number of aryl methyl sites for hydroxylation is 2. The van der Waals surface area contributed by atoms with E-state index in [4.69, 9.17) is 0 Å². The summed E-state index contributed by atoms with van der Waals surface area (Å²) in [6.07, 6.45) is 1.84. The quantitative estimate of drug-likeness (QED) is 0.823. The monoisotopic (exact) mass is 290 g/mol. The minimum atomic E-state index is 0.955. The molecule has 0 aliphatic rings. The van der Waals surface area contributed by atoms with Crippen LogP contribution in [0.3, 0.4) is 0 Å². The van der Waals surface area contributed by atoms with E-state index in [-0.39, 0.29) is 0 Å². The topological polar surface area (TPSA) is 16.1 Å². The molecule has 0 radical (unpaired) electrons. The third-order valence-electron chi connectivity index (χ3n) is 2.77. The van der Waals surface area contributed by atoms with Crippen molar-refractivity contribution in [2.75, 3.05) is 11.9 Å². The number of halogens is 1. The van der Waals surface area contributed by atoms with Gasteiger partial charge >= 0.3 is 0 Å². The van der Waals surface area contributed by atoms with E-state index in [0.29, 0.717) is 0 Å². The van der Waals surface area contributed by atoms with Gasteiger partial charge in [-0.1, -0.05) is 12.1 Å². The zero-order valence-electron chi connectivity index (χ0n) is 10.2. The van der Waals surface area contributed by atoms with Crippen LogP contribution in [0, 0.1) is 13.8 Å². The first-order valence-corrected chi connectivity index (χ1v) is 6.30. The van der Waals surface area contributed by atoms with E-state index in [1.54, 1.807) is 0 Å². The van der Waals surface area contributed by atoms with Gasteiger partial charge in [-0.2, -0.15) is 0 Å². The zero-order valence-corrected chi connectivity index (χ0v) is 11.8. The highest BCUT2D eigenvalue weighted by molar-refractivity contribution is 9.10. The van der Waals surface area contributed by atoms with Crippen molar-refractivity contribution in [3.05, 3.63) is 52.1 Å². The summed E-state index contributed by atoms with van der Waals surface area (Å²) in [5, 5.41) is 0. The lowest BCUT2D eigenvalue weighted by atomic mass is 10.2. The molecule has 88 valence electrons. The molecular formula is C14H15BrN2. The molecule has 2 aromatic rings. The molecule has 17 heavy (non-hydrogen) atoms. The van der Waals surface area contributed by atoms with Gasteiger partial charge in [0.05, 0.1) is 0 Å². The maximum absolute atomic E-state index is 4.42. The van der Waals surface area contributed by atoms with Crippen LogP contribution < -0.4 is 4.90 Å². The highest BCUT2D eigenvalue weighted by atomic mass is 79.9. The molecule has 2 rings (SSSR count). The number of nitrogens with zero attached hydrogens (tertiary/aromatic N) is 2. The van der Waals surface area contributed by atoms with E-state index in [9.17, 15) is 0 Å². The van der Waals surface area contributed by atoms with Crippen molar-refractivity contribution in [1.29, 1.82) is 0 Å². The fraction of sp³-hybridized carbons (Fsp3) is 0.214. The van der Waals surface area contributed by atoms with Crippen LogP contribution in [0.2, 0.25) is 0 Å². The van der Waals surface area contributed by atoms with Crippen molar-refractivity contribution < 1.29 is 0 Å². The van der Waals surface area contributed by atoms with Gasteiger partial charge in [0.2, 0.25) is 0 Å². The Balaban J connectivity index is 2.36. The van der Waals surface area contributed by atoms with Crippen LogP contribution in [0.25, 0.3) is 0 Å². The fourth-order valence-corrected chi connectivity index (χ4v) is 1.89. The summed E-state index contributed by atoms with van der Waals surface area (Å²) in [6, 6.07) is 10.5. The number of pyridine rings is 1. The normalized spacial score (nSPS) is 10.4. The summed E-state index contributed by atoms with van der Waals surface area (Å²) in [5.74, 6) is 0.955. The van der Waals surface area contributed by atoms with E-state index < -0.39 is 0 Å². The second-order valence-electron chi connectivity index (χ2n) is 4.19. The van der Waals surface area contributed by atoms with E-state index in [1.807, 2.05) is 13.2 Å². The average molecular weight is 291 g/mol. The predicted octanol–water partition coefficient (Wildman–Crippen LogP) is 4.23. The molecule has 0 atom stereocenters. The Kier molecular flexibility index (Phi) is 3.48. The molecular weight excluding hydrogens is 276 g/mol. The van der Waals surface area contributed by atoms with Gasteiger partial charge in [-0.25, -0.2) is 4.98 Å². The minimum absolute atomic E-state index is 0.955. The maximum Gasteiger partial charge on any atom is 0.132 e. The van der Waals surface area contributed by atoms with Crippen LogP contribution in [0.15, 0.2) is 41.0 Å². The number of aromatic nitrogens is 1. The minimum Gasteiger partial charge on any atom is -0.329 e. The summed E-state index contributed by atoms with van der Waals surface area (Å²) in [4.78, 5) is 6.51. The van der Waals surface area contributed by atoms with Crippen molar-refractivity contribution in [3.8, 4) is 0 Å². The summed E-state index contributed by atoms with van der Waals surface area (Å²) in [6.45, 7) is 4.16. The lowest BCUT2D eigenvalue weighted by Gasteiger charge is -2.19. The summed E-state index contributed by atoms with van der Waals surface area (Å²) < 4.78 is 1.04. The molecule has 0 bridgehead atoms. The van der Waals surface area contributed by atoms with Crippen molar-refractivity contribution >= 4 is 27.4 Å². The molecule has 0 fully saturated rings. The predicted molar refractivity (Wildman–Crippen MR) is 75.9 cm³/mol. The Labute approximate surface area is 110 Å². The summed E-state index contributed by atoms with van der Waals surface area (Å²) >= 11 is 3.47. The molecule has 1 aromatic carbocycles. The first kappa shape index (κ1) is 12.1. The van der Waals surface area contributed by atoms with Crippen molar-refractivity contribution in [2.24, 2.45) is 0 Å². The number of hydrogen-bond donors (Lipinski definition) is 0. The van der Waals surface area contributed by atoms with Crippen LogP contribution >= 0.6 is 15.9 Å². The summed E-state index contributed by atoms with van der Waals surface area (Å²) in [5.41, 5.74) is 3.59. The number of hydrogen-bond acceptors (Lipinski definition) is 2. The molecule has 0 saturated heterocycles. The standard InChI is InChI=1S/C14H15BrN2/c1-10-5-4-6-12(7-10)17(3)14-8-11(2)13(15)9-16-14/h4-9H,1-3H3. The third-order valence-corrected chi connectivity index (χ3v) is 3.60. The number of rotatable bonds is 2. The third kappa shape index (κ3) is 2.67. The zero-order chi connectivity index (χ0) is 12.4. The Bertz CT molecular complexity index is 537. The SMILES string of the molecule is Cc1cccc(N(C)c2cc(C)c(Br)cn2)c1. The average Bonchev–Trinajstić information content (AvgIpc) is 2.32. The van der Waals surface area contributed by atoms with Crippen molar-refractivity contribution in [3.63, 3.8) is 0 Å². The van der Waals surface area contributed by atoms with Gasteiger partial charge in [-0.15, -0.1) is 0 Å². The number of anilines is 2. The molecule has 0 amide bonds. The lowest BCUT2D eigenvalue weighted by molar-refractivity contribution is 1.11. The van der Waals surface area contributed by atoms with Crippen LogP contribution in [-0.2, 0) is 0 Å². The molecule has 0 aliphatic heterocycles. The lowest BCUT2D eigenvalue weighted by Crippen LogP contribution is -2.11. The fourth-order valence-electron chi connectivity index (χ4n) is 1.68. The largest absolute Gasteiger partial charge is 0.329 e. The van der Waals surface area contributed by atoms with Gasteiger partial charge in [0.1, 0.15) is 5.82 Å². The molecule has 0 aliphatic carbocycles. The molecule has 0 spiro atoms. The van der Waals surface area contributed by atoms with Gasteiger partial charge in [-0.3, -0.25) is 0 Å². The maximum atomic E-state index is 4.42. The van der Waals surface area contributed by atoms with Crippen LogP contribution in [0.4, 0.5) is 11.5 Å². The second-order valence-corrected chi connectivity index (χ2v) is 5.04. The van der Waals surface area contributed by atoms with Crippen LogP contribution in [0.5, 0.6) is 0 Å². The Hall–Kier alpha value is -1.35. The highest BCUT2D eigenvalue weighted by Crippen LogP contribution is 2.25. The van der Waals surface area contributed by atoms with Gasteiger partial charge in [0, 0.05) is 23.4 Å². The molecule has 0 N–H and O–H groups in total. The van der Waals surface area contributed by atoms with Gasteiger partial charge in [0.15, 0.2) is 0 Å². The van der Waals surface area contributed by atoms with Crippen LogP contribution in [-0.4, -0.2) is 12.0 Å². The van der Waals surface area contributed by atoms with E-state index in [2.05, 4.69) is 70.0 Å². The van der Waals surface area contributed by atoms with Gasteiger partial charge in [-0.05, 0) is 59.1 Å². The Morgan fingerprint density at radius 1 is 1.18 bits per heavy atom. The van der Waals surface area contributed by atoms with E-state index in [0.717, 1.165) is 16.0 Å². The first-order valence-electron chi connectivity index (χ1n) is 5.50. The van der Waals surface area contributed by atoms with E-state index in [1.165, 1.54) is 11.1 Å². The van der Waals surface area contributed by atoms with Gasteiger partial charge in [0.25, 0.3) is 0 Å². The number of benzene rings is 1. The molecule has 1 heterocycles. The van der Waals surface area contributed by atoms with Gasteiger partial charge < -0.3 is 4.90 Å². The Morgan fingerprint density at radius 2 is 1.94 bits per heavy atom. The smallest absolute Gasteiger partial charge is 0.132 e. The molecule has 2 nitrogen and oxygen atoms in total. The van der Waals surface area contributed by atoms with Crippen molar-refractivity contribution in [2.45, 2.75) is 13.8 Å². The van der Waals surface area contributed by atoms with E-state index >= 15 is 0 Å². The second kappa shape index (κ2) is 4.88. The van der Waals surface area contributed by atoms with Crippen LogP contribution in [0.1, 0.15) is 11.1 Å². The molecule has 0 unspecified atom stereocenters. The first-order chi connectivity index (χ1) is 8.08. The molecule has 3 heteroatoms. The Morgan fingerprint density at radius 3 is 2.59 bits per heavy atom. The molecule has 1 aromatic heterocycles. The highest BCUT2D eigenvalue weighted by Gasteiger charge is 2.06.